The first-order valence-corrected chi connectivity index (χ1v) is 30.7. The van der Waals surface area contributed by atoms with Gasteiger partial charge in [-0.15, -0.1) is 0 Å². The number of rotatable bonds is 41. The summed E-state index contributed by atoms with van der Waals surface area (Å²) in [6.45, 7) is 5.32. The molecule has 470 valence electrons. The van der Waals surface area contributed by atoms with E-state index in [9.17, 15) is 29.4 Å². The van der Waals surface area contributed by atoms with Crippen LogP contribution in [-0.2, 0) is 81.3 Å². The molecule has 0 aliphatic rings. The predicted octanol–water partition coefficient (Wildman–Crippen LogP) is 12.2. The molecule has 0 saturated carbocycles. The van der Waals surface area contributed by atoms with Crippen LogP contribution in [0.3, 0.4) is 0 Å². The Morgan fingerprint density at radius 1 is 0.322 bits per heavy atom. The summed E-state index contributed by atoms with van der Waals surface area (Å²) in [7, 11) is 0. The van der Waals surface area contributed by atoms with Gasteiger partial charge < -0.3 is 49.3 Å². The Labute approximate surface area is 528 Å². The first-order chi connectivity index (χ1) is 44.1. The number of carbonyl (C=O) groups excluding carboxylic acids is 2. The lowest BCUT2D eigenvalue weighted by atomic mass is 10.1. The Bertz CT molecular complexity index is 2940. The van der Waals surface area contributed by atoms with Gasteiger partial charge in [-0.3, -0.25) is 29.0 Å². The monoisotopic (exact) mass is 1220 g/mol. The zero-order valence-corrected chi connectivity index (χ0v) is 51.0. The summed E-state index contributed by atoms with van der Waals surface area (Å²) < 4.78 is 35.9. The van der Waals surface area contributed by atoms with Gasteiger partial charge in [-0.25, -0.2) is 0 Å². The van der Waals surface area contributed by atoms with E-state index in [0.717, 1.165) is 57.3 Å². The smallest absolute Gasteiger partial charge is 0.305 e. The first kappa shape index (κ1) is 66.6. The van der Waals surface area contributed by atoms with Crippen LogP contribution in [0, 0.1) is 0 Å². The lowest BCUT2D eigenvalue weighted by Gasteiger charge is -2.30. The highest BCUT2D eigenvalue weighted by atomic mass is 16.5. The average Bonchev–Trinajstić information content (AvgIpc) is 2.15. The second kappa shape index (κ2) is 37.5. The number of benzene rings is 8. The molecule has 16 nitrogen and oxygen atoms in total. The van der Waals surface area contributed by atoms with Crippen molar-refractivity contribution >= 4 is 23.8 Å². The molecule has 0 bridgehead atoms. The number of nitrogens with one attached hydrogen (secondary N) is 2. The molecule has 0 spiro atoms. The summed E-state index contributed by atoms with van der Waals surface area (Å²) >= 11 is 0. The number of unbranched alkanes of at least 4 members (excludes halogenated alkanes) is 1. The molecule has 8 rings (SSSR count). The van der Waals surface area contributed by atoms with Crippen LogP contribution in [0.4, 0.5) is 0 Å². The number of carboxylic acid groups (broad SMARTS) is 2. The zero-order valence-electron chi connectivity index (χ0n) is 51.0. The minimum atomic E-state index is -1.08. The molecule has 0 unspecified atom stereocenters. The maximum Gasteiger partial charge on any atom is 0.305 e. The second-order valence-electron chi connectivity index (χ2n) is 21.9. The number of ether oxygens (including phenoxy) is 6. The zero-order chi connectivity index (χ0) is 62.8. The molecular weight excluding hydrogens is 1140 g/mol. The van der Waals surface area contributed by atoms with Crippen molar-refractivity contribution in [3.8, 4) is 23.0 Å². The summed E-state index contributed by atoms with van der Waals surface area (Å²) in [5.74, 6) is -0.144. The molecule has 4 N–H and O–H groups in total. The van der Waals surface area contributed by atoms with Crippen molar-refractivity contribution < 1.29 is 57.8 Å². The van der Waals surface area contributed by atoms with Gasteiger partial charge in [0.2, 0.25) is 11.8 Å². The molecule has 0 fully saturated rings. The minimum Gasteiger partial charge on any atom is -0.489 e. The van der Waals surface area contributed by atoms with Crippen molar-refractivity contribution in [3.63, 3.8) is 0 Å². The van der Waals surface area contributed by atoms with E-state index in [4.69, 9.17) is 28.4 Å². The average molecular weight is 1220 g/mol. The summed E-state index contributed by atoms with van der Waals surface area (Å²) in [6, 6.07) is 68.2. The normalized spacial score (nSPS) is 11.8. The van der Waals surface area contributed by atoms with Crippen LogP contribution in [0.1, 0.15) is 83.0 Å². The van der Waals surface area contributed by atoms with E-state index in [0.29, 0.717) is 128 Å². The van der Waals surface area contributed by atoms with Gasteiger partial charge in [0.05, 0.1) is 12.8 Å². The Morgan fingerprint density at radius 2 is 0.567 bits per heavy atom. The van der Waals surface area contributed by atoms with Gasteiger partial charge >= 0.3 is 11.9 Å². The van der Waals surface area contributed by atoms with Crippen LogP contribution in [-0.4, -0.2) is 95.4 Å². The number of hydrogen-bond acceptors (Lipinski definition) is 12. The fourth-order valence-electron chi connectivity index (χ4n) is 9.94. The third kappa shape index (κ3) is 24.3. The standard InChI is InChI=1S/C74H82N4O12/c79-71(80)47-69(77(49-57-25-33-65(34-26-57)87-53-61-17-5-1-6-18-61)50-58-27-35-66(36-28-58)88-54-62-19-7-2-8-20-62)73(83)75-41-15-45-85-43-13-14-44-86-46-16-42-76-74(84)70(48-72(81)82)78(51-59-29-37-67(38-30-59)89-55-63-21-9-3-10-22-63)52-60-31-39-68(40-32-60)90-56-64-23-11-4-12-24-64/h1-12,17-40,69-70H,13-16,41-56H2,(H,75,83)(H,76,84)(H,79,80)(H,81,82)/t69-,70-/m0/s1. The first-order valence-electron chi connectivity index (χ1n) is 30.7. The molecule has 0 aliphatic carbocycles. The largest absolute Gasteiger partial charge is 0.489 e. The molecule has 8 aromatic rings. The summed E-state index contributed by atoms with van der Waals surface area (Å²) in [4.78, 5) is 56.4. The van der Waals surface area contributed by atoms with E-state index in [1.54, 1.807) is 0 Å². The lowest BCUT2D eigenvalue weighted by molar-refractivity contribution is -0.142. The van der Waals surface area contributed by atoms with Crippen LogP contribution in [0.2, 0.25) is 0 Å². The maximum atomic E-state index is 14.0. The minimum absolute atomic E-state index is 0.303. The van der Waals surface area contributed by atoms with Crippen LogP contribution >= 0.6 is 0 Å². The SMILES string of the molecule is O=C(O)C[C@@H](C(=O)NCCCOCCCCOCCCNC(=O)[C@H](CC(=O)O)N(Cc1ccc(OCc2ccccc2)cc1)Cc1ccc(OCc2ccccc2)cc1)N(Cc1ccc(OCc2ccccc2)cc1)Cc1ccc(OCc2ccccc2)cc1. The second-order valence-corrected chi connectivity index (χ2v) is 21.9. The van der Waals surface area contributed by atoms with Crippen molar-refractivity contribution in [1.82, 2.24) is 20.4 Å². The molecule has 0 saturated heterocycles. The van der Waals surface area contributed by atoms with Crippen molar-refractivity contribution in [2.75, 3.05) is 39.5 Å². The molecule has 0 aliphatic heterocycles. The van der Waals surface area contributed by atoms with E-state index in [1.807, 2.05) is 228 Å². The van der Waals surface area contributed by atoms with E-state index < -0.39 is 36.9 Å². The van der Waals surface area contributed by atoms with Crippen molar-refractivity contribution in [2.24, 2.45) is 0 Å². The van der Waals surface area contributed by atoms with Gasteiger partial charge in [-0.1, -0.05) is 170 Å². The highest BCUT2D eigenvalue weighted by molar-refractivity contribution is 5.86. The highest BCUT2D eigenvalue weighted by Gasteiger charge is 2.30. The molecule has 0 radical (unpaired) electrons. The van der Waals surface area contributed by atoms with Gasteiger partial charge in [-0.05, 0) is 119 Å². The van der Waals surface area contributed by atoms with Gasteiger partial charge in [0.1, 0.15) is 61.5 Å². The highest BCUT2D eigenvalue weighted by Crippen LogP contribution is 2.24. The molecule has 90 heavy (non-hydrogen) atoms. The van der Waals surface area contributed by atoms with Gasteiger partial charge in [0.15, 0.2) is 0 Å². The lowest BCUT2D eigenvalue weighted by Crippen LogP contribution is -2.47. The molecule has 8 aromatic carbocycles. The number of carbonyl (C=O) groups is 4. The Kier molecular flexibility index (Phi) is 27.8. The molecule has 0 aromatic heterocycles. The van der Waals surface area contributed by atoms with Crippen molar-refractivity contribution in [1.29, 1.82) is 0 Å². The molecule has 0 heterocycles. The summed E-state index contributed by atoms with van der Waals surface area (Å²) in [5.41, 5.74) is 7.76. The Hall–Kier alpha value is -9.32. The van der Waals surface area contributed by atoms with Gasteiger partial charge in [-0.2, -0.15) is 0 Å². The van der Waals surface area contributed by atoms with E-state index >= 15 is 0 Å². The van der Waals surface area contributed by atoms with Crippen LogP contribution < -0.4 is 29.6 Å². The Balaban J connectivity index is 0.758. The number of amides is 2. The van der Waals surface area contributed by atoms with Crippen LogP contribution in [0.5, 0.6) is 23.0 Å². The molecule has 2 amide bonds. The third-order valence-electron chi connectivity index (χ3n) is 14.8. The summed E-state index contributed by atoms with van der Waals surface area (Å²) in [5, 5.41) is 26.1. The maximum absolute atomic E-state index is 14.0. The molecule has 2 atom stereocenters. The van der Waals surface area contributed by atoms with Crippen LogP contribution in [0.15, 0.2) is 218 Å². The Morgan fingerprint density at radius 3 is 0.811 bits per heavy atom. The van der Waals surface area contributed by atoms with E-state index in [-0.39, 0.29) is 11.8 Å². The fraction of sp³-hybridized carbons (Fsp3) is 0.297. The predicted molar refractivity (Wildman–Crippen MR) is 346 cm³/mol. The quantitative estimate of drug-likeness (QED) is 0.0264. The fourth-order valence-corrected chi connectivity index (χ4v) is 9.94. The summed E-state index contributed by atoms with van der Waals surface area (Å²) in [6.07, 6.45) is 1.77. The molecular formula is C74H82N4O12. The number of aliphatic carboxylic acids is 2. The number of carboxylic acids is 2. The third-order valence-corrected chi connectivity index (χ3v) is 14.8. The van der Waals surface area contributed by atoms with Crippen molar-refractivity contribution in [2.45, 2.75) is 103 Å². The topological polar surface area (TPSA) is 195 Å². The van der Waals surface area contributed by atoms with Crippen molar-refractivity contribution in [3.05, 3.63) is 263 Å². The number of hydrogen-bond donors (Lipinski definition) is 4. The van der Waals surface area contributed by atoms with Crippen LogP contribution in [0.25, 0.3) is 0 Å². The number of nitrogens with zero attached hydrogens (tertiary/aromatic N) is 2. The van der Waals surface area contributed by atoms with Gasteiger partial charge in [0, 0.05) is 65.7 Å². The molecule has 16 heteroatoms. The van der Waals surface area contributed by atoms with E-state index in [1.165, 1.54) is 0 Å². The van der Waals surface area contributed by atoms with Gasteiger partial charge in [0.25, 0.3) is 0 Å². The van der Waals surface area contributed by atoms with E-state index in [2.05, 4.69) is 10.6 Å².